The first-order valence-corrected chi connectivity index (χ1v) is 6.18. The smallest absolute Gasteiger partial charge is 0.0818 e. The van der Waals surface area contributed by atoms with Gasteiger partial charge in [0.2, 0.25) is 0 Å². The highest BCUT2D eigenvalue weighted by molar-refractivity contribution is 7.17. The minimum absolute atomic E-state index is 0.764. The minimum atomic E-state index is 0.764. The second kappa shape index (κ2) is 3.89. The van der Waals surface area contributed by atoms with Crippen molar-refractivity contribution in [3.63, 3.8) is 0 Å². The number of hydrogen-bond donors (Lipinski definition) is 0. The van der Waals surface area contributed by atoms with Gasteiger partial charge in [-0.2, -0.15) is 0 Å². The van der Waals surface area contributed by atoms with E-state index < -0.39 is 0 Å². The predicted molar refractivity (Wildman–Crippen MR) is 70.1 cm³/mol. The molecule has 16 heavy (non-hydrogen) atoms. The average Bonchev–Trinajstić information content (AvgIpc) is 2.78. The van der Waals surface area contributed by atoms with Gasteiger partial charge in [0.05, 0.1) is 15.7 Å². The third-order valence-corrected chi connectivity index (χ3v) is 3.64. The van der Waals surface area contributed by atoms with Crippen LogP contribution in [0.1, 0.15) is 0 Å². The van der Waals surface area contributed by atoms with Crippen molar-refractivity contribution in [2.45, 2.75) is 0 Å². The molecule has 3 aromatic rings. The van der Waals surface area contributed by atoms with Crippen LogP contribution in [0, 0.1) is 0 Å². The molecular weight excluding hydrogens is 238 g/mol. The third-order valence-electron chi connectivity index (χ3n) is 2.51. The molecule has 0 N–H and O–H groups in total. The van der Waals surface area contributed by atoms with Gasteiger partial charge in [-0.1, -0.05) is 35.9 Å². The summed E-state index contributed by atoms with van der Waals surface area (Å²) in [5.74, 6) is 0. The topological polar surface area (TPSA) is 12.9 Å². The van der Waals surface area contributed by atoms with Crippen molar-refractivity contribution >= 4 is 33.2 Å². The molecule has 0 amide bonds. The zero-order valence-electron chi connectivity index (χ0n) is 8.35. The molecule has 1 nitrogen and oxygen atoms in total. The zero-order chi connectivity index (χ0) is 11.0. The molecule has 0 aliphatic carbocycles. The Morgan fingerprint density at radius 3 is 2.62 bits per heavy atom. The maximum Gasteiger partial charge on any atom is 0.0818 e. The largest absolute Gasteiger partial charge is 0.245 e. The van der Waals surface area contributed by atoms with Crippen molar-refractivity contribution in [3.8, 4) is 11.1 Å². The van der Waals surface area contributed by atoms with E-state index in [4.69, 9.17) is 11.6 Å². The van der Waals surface area contributed by atoms with Crippen molar-refractivity contribution in [2.24, 2.45) is 0 Å². The summed E-state index contributed by atoms with van der Waals surface area (Å²) in [5, 5.41) is 0.764. The molecule has 0 bridgehead atoms. The lowest BCUT2D eigenvalue weighted by Gasteiger charge is -2.02. The summed E-state index contributed by atoms with van der Waals surface area (Å²) in [7, 11) is 0. The van der Waals surface area contributed by atoms with E-state index in [1.807, 2.05) is 41.9 Å². The second-order valence-corrected chi connectivity index (χ2v) is 4.80. The Balaban J connectivity index is 2.25. The fourth-order valence-electron chi connectivity index (χ4n) is 1.74. The molecule has 0 saturated carbocycles. The molecular formula is C13H8ClNS. The lowest BCUT2D eigenvalue weighted by Crippen LogP contribution is -1.77. The van der Waals surface area contributed by atoms with Gasteiger partial charge in [-0.3, -0.25) is 0 Å². The fourth-order valence-corrected chi connectivity index (χ4v) is 2.69. The van der Waals surface area contributed by atoms with E-state index in [2.05, 4.69) is 11.1 Å². The number of halogens is 1. The van der Waals surface area contributed by atoms with E-state index in [1.54, 1.807) is 11.3 Å². The molecule has 0 aliphatic rings. The first-order valence-electron chi connectivity index (χ1n) is 4.93. The number of hydrogen-bond acceptors (Lipinski definition) is 2. The first kappa shape index (κ1) is 9.82. The highest BCUT2D eigenvalue weighted by Gasteiger charge is 2.05. The van der Waals surface area contributed by atoms with E-state index in [0.29, 0.717) is 0 Å². The van der Waals surface area contributed by atoms with Gasteiger partial charge in [-0.05, 0) is 23.8 Å². The van der Waals surface area contributed by atoms with Crippen molar-refractivity contribution in [1.29, 1.82) is 0 Å². The molecule has 3 rings (SSSR count). The van der Waals surface area contributed by atoms with Gasteiger partial charge >= 0.3 is 0 Å². The van der Waals surface area contributed by atoms with E-state index in [9.17, 15) is 0 Å². The monoisotopic (exact) mass is 245 g/mol. The van der Waals surface area contributed by atoms with Gasteiger partial charge in [-0.25, -0.2) is 4.98 Å². The number of benzene rings is 2. The molecule has 0 unspecified atom stereocenters. The Labute approximate surface area is 102 Å². The van der Waals surface area contributed by atoms with Crippen LogP contribution < -0.4 is 0 Å². The zero-order valence-corrected chi connectivity index (χ0v) is 9.92. The Morgan fingerprint density at radius 1 is 1.00 bits per heavy atom. The highest BCUT2D eigenvalue weighted by Crippen LogP contribution is 2.31. The summed E-state index contributed by atoms with van der Waals surface area (Å²) in [6.07, 6.45) is 0. The molecule has 0 saturated heterocycles. The summed E-state index contributed by atoms with van der Waals surface area (Å²) >= 11 is 7.56. The molecule has 0 fully saturated rings. The van der Waals surface area contributed by atoms with E-state index in [0.717, 1.165) is 10.5 Å². The Bertz CT molecular complexity index is 628. The van der Waals surface area contributed by atoms with Crippen LogP contribution in [-0.2, 0) is 0 Å². The maximum absolute atomic E-state index is 5.89. The van der Waals surface area contributed by atoms with Crippen molar-refractivity contribution in [3.05, 3.63) is 53.0 Å². The summed E-state index contributed by atoms with van der Waals surface area (Å²) in [5.41, 5.74) is 5.33. The SMILES string of the molecule is Clc1ccc(-c2cccc3ncsc23)cc1. The van der Waals surface area contributed by atoms with Crippen LogP contribution >= 0.6 is 22.9 Å². The number of aromatic nitrogens is 1. The Kier molecular flexibility index (Phi) is 2.39. The van der Waals surface area contributed by atoms with Crippen LogP contribution in [0.25, 0.3) is 21.3 Å². The van der Waals surface area contributed by atoms with Crippen LogP contribution in [0.2, 0.25) is 5.02 Å². The van der Waals surface area contributed by atoms with E-state index in [1.165, 1.54) is 15.8 Å². The minimum Gasteiger partial charge on any atom is -0.245 e. The summed E-state index contributed by atoms with van der Waals surface area (Å²) in [4.78, 5) is 4.31. The third kappa shape index (κ3) is 1.60. The lowest BCUT2D eigenvalue weighted by atomic mass is 10.1. The van der Waals surface area contributed by atoms with Gasteiger partial charge in [0.1, 0.15) is 0 Å². The molecule has 2 aromatic carbocycles. The first-order chi connectivity index (χ1) is 7.84. The molecule has 0 spiro atoms. The molecule has 1 aromatic heterocycles. The highest BCUT2D eigenvalue weighted by atomic mass is 35.5. The van der Waals surface area contributed by atoms with Crippen LogP contribution in [0.15, 0.2) is 48.0 Å². The number of nitrogens with zero attached hydrogens (tertiary/aromatic N) is 1. The Morgan fingerprint density at radius 2 is 1.81 bits per heavy atom. The van der Waals surface area contributed by atoms with E-state index >= 15 is 0 Å². The number of rotatable bonds is 1. The lowest BCUT2D eigenvalue weighted by molar-refractivity contribution is 1.50. The standard InChI is InChI=1S/C13H8ClNS/c14-10-6-4-9(5-7-10)11-2-1-3-12-13(11)16-8-15-12/h1-8H. The number of thiazole rings is 1. The molecule has 0 atom stereocenters. The summed E-state index contributed by atoms with van der Waals surface area (Å²) in [6, 6.07) is 14.1. The average molecular weight is 246 g/mol. The molecule has 78 valence electrons. The molecule has 3 heteroatoms. The molecule has 1 heterocycles. The quantitative estimate of drug-likeness (QED) is 0.610. The van der Waals surface area contributed by atoms with Crippen molar-refractivity contribution in [2.75, 3.05) is 0 Å². The van der Waals surface area contributed by atoms with Crippen LogP contribution in [0.3, 0.4) is 0 Å². The summed E-state index contributed by atoms with van der Waals surface area (Å²) < 4.78 is 1.23. The van der Waals surface area contributed by atoms with Crippen LogP contribution in [0.5, 0.6) is 0 Å². The summed E-state index contributed by atoms with van der Waals surface area (Å²) in [6.45, 7) is 0. The Hall–Kier alpha value is -1.38. The van der Waals surface area contributed by atoms with Crippen LogP contribution in [0.4, 0.5) is 0 Å². The normalized spacial score (nSPS) is 10.8. The second-order valence-electron chi connectivity index (χ2n) is 3.51. The molecule has 0 aliphatic heterocycles. The predicted octanol–water partition coefficient (Wildman–Crippen LogP) is 4.62. The van der Waals surface area contributed by atoms with Gasteiger partial charge in [0, 0.05) is 10.6 Å². The van der Waals surface area contributed by atoms with Gasteiger partial charge in [0.25, 0.3) is 0 Å². The van der Waals surface area contributed by atoms with E-state index in [-0.39, 0.29) is 0 Å². The van der Waals surface area contributed by atoms with Gasteiger partial charge in [-0.15, -0.1) is 11.3 Å². The molecule has 0 radical (unpaired) electrons. The number of fused-ring (bicyclic) bond motifs is 1. The van der Waals surface area contributed by atoms with Crippen LogP contribution in [-0.4, -0.2) is 4.98 Å². The van der Waals surface area contributed by atoms with Gasteiger partial charge < -0.3 is 0 Å². The van der Waals surface area contributed by atoms with Gasteiger partial charge in [0.15, 0.2) is 0 Å². The maximum atomic E-state index is 5.89. The fraction of sp³-hybridized carbons (Fsp3) is 0. The van der Waals surface area contributed by atoms with Crippen molar-refractivity contribution in [1.82, 2.24) is 4.98 Å². The van der Waals surface area contributed by atoms with Crippen molar-refractivity contribution < 1.29 is 0 Å².